The van der Waals surface area contributed by atoms with Crippen LogP contribution in [0.25, 0.3) is 33.3 Å². The van der Waals surface area contributed by atoms with Crippen LogP contribution in [0, 0.1) is 0 Å². The molecule has 34 heavy (non-hydrogen) atoms. The predicted molar refractivity (Wildman–Crippen MR) is 133 cm³/mol. The van der Waals surface area contributed by atoms with Crippen LogP contribution in [0.15, 0.2) is 86.4 Å². The van der Waals surface area contributed by atoms with Crippen molar-refractivity contribution in [2.45, 2.75) is 19.8 Å². The van der Waals surface area contributed by atoms with E-state index >= 15 is 0 Å². The summed E-state index contributed by atoms with van der Waals surface area (Å²) >= 11 is 0. The molecule has 2 aromatic heterocycles. The molecular weight excluding hydrogens is 430 g/mol. The average Bonchev–Trinajstić information content (AvgIpc) is 3.29. The number of para-hydroxylation sites is 1. The number of ether oxygens (including phenoxy) is 1. The van der Waals surface area contributed by atoms with Gasteiger partial charge in [-0.05, 0) is 41.8 Å². The van der Waals surface area contributed by atoms with E-state index in [0.29, 0.717) is 39.7 Å². The molecule has 0 saturated carbocycles. The van der Waals surface area contributed by atoms with E-state index in [1.807, 2.05) is 36.4 Å². The van der Waals surface area contributed by atoms with Crippen molar-refractivity contribution in [2.75, 3.05) is 12.4 Å². The highest BCUT2D eigenvalue weighted by atomic mass is 16.5. The first-order valence-corrected chi connectivity index (χ1v) is 11.0. The molecule has 6 heteroatoms. The number of amides is 1. The lowest BCUT2D eigenvalue weighted by Gasteiger charge is -2.08. The van der Waals surface area contributed by atoms with Gasteiger partial charge in [-0.15, -0.1) is 0 Å². The Morgan fingerprint density at radius 3 is 2.47 bits per heavy atom. The molecule has 170 valence electrons. The lowest BCUT2D eigenvalue weighted by molar-refractivity contribution is 0.0998. The molecule has 0 spiro atoms. The molecule has 0 bridgehead atoms. The number of hydrogen-bond acceptors (Lipinski definition) is 5. The summed E-state index contributed by atoms with van der Waals surface area (Å²) in [6.07, 6.45) is 0. The first kappa shape index (κ1) is 21.5. The Morgan fingerprint density at radius 2 is 1.74 bits per heavy atom. The molecule has 6 nitrogen and oxygen atoms in total. The Kier molecular flexibility index (Phi) is 5.42. The predicted octanol–water partition coefficient (Wildman–Crippen LogP) is 6.59. The molecule has 0 radical (unpaired) electrons. The summed E-state index contributed by atoms with van der Waals surface area (Å²) in [6, 6.07) is 21.5. The summed E-state index contributed by atoms with van der Waals surface area (Å²) in [5.41, 5.74) is 3.28. The van der Waals surface area contributed by atoms with Gasteiger partial charge in [-0.25, -0.2) is 0 Å². The highest BCUT2D eigenvalue weighted by Gasteiger charge is 2.16. The highest BCUT2D eigenvalue weighted by Crippen LogP contribution is 2.29. The van der Waals surface area contributed by atoms with Gasteiger partial charge in [-0.2, -0.15) is 0 Å². The number of carbonyl (C=O) groups is 1. The number of furan rings is 1. The van der Waals surface area contributed by atoms with Gasteiger partial charge in [0, 0.05) is 22.7 Å². The molecule has 0 aliphatic rings. The second-order valence-corrected chi connectivity index (χ2v) is 8.41. The Balaban J connectivity index is 1.43. The zero-order valence-electron chi connectivity index (χ0n) is 19.0. The zero-order valence-corrected chi connectivity index (χ0v) is 19.0. The monoisotopic (exact) mass is 453 g/mol. The maximum atomic E-state index is 12.8. The van der Waals surface area contributed by atoms with E-state index in [4.69, 9.17) is 13.6 Å². The third-order valence-corrected chi connectivity index (χ3v) is 5.80. The van der Waals surface area contributed by atoms with Crippen LogP contribution in [0.3, 0.4) is 0 Å². The van der Waals surface area contributed by atoms with Gasteiger partial charge in [-0.3, -0.25) is 9.59 Å². The molecule has 1 amide bonds. The fraction of sp³-hybridized carbons (Fsp3) is 0.143. The van der Waals surface area contributed by atoms with Crippen molar-refractivity contribution in [1.29, 1.82) is 0 Å². The summed E-state index contributed by atoms with van der Waals surface area (Å²) in [5, 5.41) is 3.93. The lowest BCUT2D eigenvalue weighted by Crippen LogP contribution is -2.11. The largest absolute Gasteiger partial charge is 0.493 e. The van der Waals surface area contributed by atoms with Gasteiger partial charge in [0.05, 0.1) is 12.5 Å². The normalized spacial score (nSPS) is 11.3. The number of hydrogen-bond donors (Lipinski definition) is 1. The van der Waals surface area contributed by atoms with E-state index in [9.17, 15) is 9.59 Å². The van der Waals surface area contributed by atoms with Crippen LogP contribution in [0.1, 0.15) is 35.9 Å². The second kappa shape index (κ2) is 8.56. The molecule has 0 aliphatic carbocycles. The molecule has 1 N–H and O–H groups in total. The molecule has 0 unspecified atom stereocenters. The summed E-state index contributed by atoms with van der Waals surface area (Å²) in [5.74, 6) is 1.19. The van der Waals surface area contributed by atoms with Crippen LogP contribution in [0.2, 0.25) is 0 Å². The van der Waals surface area contributed by atoms with Crippen LogP contribution in [-0.4, -0.2) is 13.0 Å². The third kappa shape index (κ3) is 3.94. The Morgan fingerprint density at radius 1 is 0.941 bits per heavy atom. The quantitative estimate of drug-likeness (QED) is 0.325. The van der Waals surface area contributed by atoms with Crippen molar-refractivity contribution in [1.82, 2.24) is 0 Å². The van der Waals surface area contributed by atoms with Crippen LogP contribution < -0.4 is 15.5 Å². The molecule has 5 rings (SSSR count). The van der Waals surface area contributed by atoms with Gasteiger partial charge >= 0.3 is 0 Å². The molecule has 0 saturated heterocycles. The van der Waals surface area contributed by atoms with E-state index in [1.54, 1.807) is 37.4 Å². The van der Waals surface area contributed by atoms with Gasteiger partial charge in [0.2, 0.25) is 0 Å². The van der Waals surface area contributed by atoms with Gasteiger partial charge < -0.3 is 18.9 Å². The van der Waals surface area contributed by atoms with Gasteiger partial charge in [-0.1, -0.05) is 50.2 Å². The smallest absolute Gasteiger partial charge is 0.291 e. The van der Waals surface area contributed by atoms with E-state index in [1.165, 1.54) is 11.6 Å². The van der Waals surface area contributed by atoms with Crippen molar-refractivity contribution < 1.29 is 18.4 Å². The summed E-state index contributed by atoms with van der Waals surface area (Å²) in [6.45, 7) is 4.26. The molecule has 0 fully saturated rings. The fourth-order valence-electron chi connectivity index (χ4n) is 3.91. The number of rotatable bonds is 5. The maximum absolute atomic E-state index is 12.8. The van der Waals surface area contributed by atoms with E-state index in [0.717, 1.165) is 10.9 Å². The Hall–Kier alpha value is -4.32. The Bertz CT molecular complexity index is 1570. The number of carbonyl (C=O) groups excluding carboxylic acids is 1. The lowest BCUT2D eigenvalue weighted by atomic mass is 10.0. The van der Waals surface area contributed by atoms with Crippen molar-refractivity contribution in [3.05, 3.63) is 94.3 Å². The average molecular weight is 453 g/mol. The minimum atomic E-state index is -0.427. The molecule has 5 aromatic rings. The van der Waals surface area contributed by atoms with Crippen molar-refractivity contribution >= 4 is 33.5 Å². The SMILES string of the molecule is COc1cccc2cc(C(=O)Nc3ccc4oc(-c5ccc(C(C)C)cc5)cc(=O)c4c3)oc12. The van der Waals surface area contributed by atoms with Crippen LogP contribution >= 0.6 is 0 Å². The summed E-state index contributed by atoms with van der Waals surface area (Å²) in [4.78, 5) is 25.6. The van der Waals surface area contributed by atoms with E-state index in [2.05, 4.69) is 19.2 Å². The van der Waals surface area contributed by atoms with E-state index in [-0.39, 0.29) is 11.2 Å². The first-order valence-electron chi connectivity index (χ1n) is 11.0. The highest BCUT2D eigenvalue weighted by molar-refractivity contribution is 6.05. The molecule has 0 atom stereocenters. The molecule has 2 heterocycles. The van der Waals surface area contributed by atoms with Gasteiger partial charge in [0.25, 0.3) is 5.91 Å². The first-order chi connectivity index (χ1) is 16.4. The fourth-order valence-corrected chi connectivity index (χ4v) is 3.91. The van der Waals surface area contributed by atoms with E-state index < -0.39 is 5.91 Å². The number of nitrogens with one attached hydrogen (secondary N) is 1. The zero-order chi connectivity index (χ0) is 23.8. The number of fused-ring (bicyclic) bond motifs is 2. The molecule has 3 aromatic carbocycles. The molecule has 0 aliphatic heterocycles. The summed E-state index contributed by atoms with van der Waals surface area (Å²) in [7, 11) is 1.55. The second-order valence-electron chi connectivity index (χ2n) is 8.41. The van der Waals surface area contributed by atoms with Gasteiger partial charge in [0.1, 0.15) is 11.3 Å². The van der Waals surface area contributed by atoms with Crippen molar-refractivity contribution in [3.8, 4) is 17.1 Å². The third-order valence-electron chi connectivity index (χ3n) is 5.80. The Labute approximate surface area is 195 Å². The van der Waals surface area contributed by atoms with Crippen LogP contribution in [-0.2, 0) is 0 Å². The maximum Gasteiger partial charge on any atom is 0.291 e. The molecular formula is C28H23NO5. The van der Waals surface area contributed by atoms with Crippen molar-refractivity contribution in [3.63, 3.8) is 0 Å². The number of anilines is 1. The van der Waals surface area contributed by atoms with Crippen molar-refractivity contribution in [2.24, 2.45) is 0 Å². The van der Waals surface area contributed by atoms with Crippen LogP contribution in [0.5, 0.6) is 5.75 Å². The topological polar surface area (TPSA) is 81.7 Å². The standard InChI is InChI=1S/C28H23NO5/c1-16(2)17-7-9-18(10-8-17)25-15-22(30)21-14-20(11-12-23(21)33-25)29-28(31)26-13-19-5-4-6-24(32-3)27(19)34-26/h4-16H,1-3H3,(H,29,31). The minimum absolute atomic E-state index is 0.145. The van der Waals surface area contributed by atoms with Crippen LogP contribution in [0.4, 0.5) is 5.69 Å². The summed E-state index contributed by atoms with van der Waals surface area (Å²) < 4.78 is 17.0. The van der Waals surface area contributed by atoms with Gasteiger partial charge in [0.15, 0.2) is 22.5 Å². The minimum Gasteiger partial charge on any atom is -0.493 e. The number of methoxy groups -OCH3 is 1. The number of benzene rings is 3.